The summed E-state index contributed by atoms with van der Waals surface area (Å²) in [4.78, 5) is 41.2. The van der Waals surface area contributed by atoms with Gasteiger partial charge in [0.25, 0.3) is 11.5 Å². The molecule has 0 fully saturated rings. The fourth-order valence-corrected chi connectivity index (χ4v) is 4.74. The topological polar surface area (TPSA) is 99.3 Å². The molecule has 178 valence electrons. The van der Waals surface area contributed by atoms with Gasteiger partial charge in [-0.15, -0.1) is 0 Å². The lowest BCUT2D eigenvalue weighted by molar-refractivity contribution is -0.112. The normalized spacial score (nSPS) is 14.9. The third kappa shape index (κ3) is 3.72. The summed E-state index contributed by atoms with van der Waals surface area (Å²) in [6.07, 6.45) is 7.64. The second kappa shape index (κ2) is 8.77. The van der Waals surface area contributed by atoms with Crippen LogP contribution in [0.2, 0.25) is 0 Å². The van der Waals surface area contributed by atoms with Gasteiger partial charge in [0, 0.05) is 21.7 Å². The number of carbonyl (C=O) groups is 2. The first-order chi connectivity index (χ1) is 18.0. The molecule has 0 unspecified atom stereocenters. The van der Waals surface area contributed by atoms with Gasteiger partial charge in [-0.1, -0.05) is 78.9 Å². The van der Waals surface area contributed by atoms with E-state index >= 15 is 0 Å². The number of hydrogen-bond donors (Lipinski definition) is 3. The van der Waals surface area contributed by atoms with Crippen molar-refractivity contribution in [1.82, 2.24) is 4.98 Å². The summed E-state index contributed by atoms with van der Waals surface area (Å²) in [5.74, 6) is -0.939. The van der Waals surface area contributed by atoms with E-state index in [-0.39, 0.29) is 22.7 Å². The summed E-state index contributed by atoms with van der Waals surface area (Å²) in [5, 5.41) is 17.7. The Morgan fingerprint density at radius 2 is 1.41 bits per heavy atom. The van der Waals surface area contributed by atoms with E-state index in [1.165, 1.54) is 12.2 Å². The van der Waals surface area contributed by atoms with E-state index in [0.717, 1.165) is 21.5 Å². The van der Waals surface area contributed by atoms with Crippen molar-refractivity contribution in [1.29, 1.82) is 0 Å². The van der Waals surface area contributed by atoms with Crippen LogP contribution in [0.3, 0.4) is 0 Å². The molecule has 0 radical (unpaired) electrons. The average molecular weight is 485 g/mol. The van der Waals surface area contributed by atoms with Crippen LogP contribution in [-0.2, 0) is 4.79 Å². The summed E-state index contributed by atoms with van der Waals surface area (Å²) < 4.78 is 0. The maximum absolute atomic E-state index is 13.0. The van der Waals surface area contributed by atoms with Crippen molar-refractivity contribution in [3.05, 3.63) is 124 Å². The van der Waals surface area contributed by atoms with Crippen LogP contribution in [0, 0.1) is 0 Å². The van der Waals surface area contributed by atoms with Gasteiger partial charge in [0.1, 0.15) is 5.75 Å². The summed E-state index contributed by atoms with van der Waals surface area (Å²) in [7, 11) is 0. The highest BCUT2D eigenvalue weighted by atomic mass is 16.3. The van der Waals surface area contributed by atoms with Crippen LogP contribution in [-0.4, -0.2) is 21.8 Å². The molecule has 0 bridgehead atoms. The fraction of sp³-hybridized carbons (Fsp3) is 0. The first-order valence-electron chi connectivity index (χ1n) is 11.7. The van der Waals surface area contributed by atoms with Gasteiger partial charge in [0.05, 0.1) is 22.3 Å². The number of pyridine rings is 1. The van der Waals surface area contributed by atoms with Crippen LogP contribution in [0.5, 0.6) is 5.75 Å². The zero-order chi connectivity index (χ0) is 25.5. The molecule has 3 N–H and O–H groups in total. The lowest BCUT2D eigenvalue weighted by Gasteiger charge is -2.19. The van der Waals surface area contributed by atoms with E-state index in [2.05, 4.69) is 10.3 Å². The van der Waals surface area contributed by atoms with Gasteiger partial charge in [0.2, 0.25) is 5.78 Å². The lowest BCUT2D eigenvalue weighted by Crippen LogP contribution is -2.27. The third-order valence-electron chi connectivity index (χ3n) is 6.57. The molecule has 37 heavy (non-hydrogen) atoms. The number of benzene rings is 4. The van der Waals surface area contributed by atoms with Crippen molar-refractivity contribution in [2.75, 3.05) is 5.32 Å². The van der Waals surface area contributed by atoms with E-state index in [4.69, 9.17) is 0 Å². The third-order valence-corrected chi connectivity index (χ3v) is 6.57. The average Bonchev–Trinajstić information content (AvgIpc) is 2.91. The van der Waals surface area contributed by atoms with E-state index in [9.17, 15) is 19.5 Å². The zero-order valence-electron chi connectivity index (χ0n) is 19.5. The van der Waals surface area contributed by atoms with E-state index < -0.39 is 11.5 Å². The van der Waals surface area contributed by atoms with Crippen LogP contribution in [0.25, 0.3) is 38.5 Å². The molecular weight excluding hydrogens is 464 g/mol. The molecule has 6 nitrogen and oxygen atoms in total. The number of anilines is 1. The predicted octanol–water partition coefficient (Wildman–Crippen LogP) is 5.87. The number of ketones is 1. The quantitative estimate of drug-likeness (QED) is 0.129. The Morgan fingerprint density at radius 3 is 2.22 bits per heavy atom. The molecule has 1 aliphatic rings. The predicted molar refractivity (Wildman–Crippen MR) is 147 cm³/mol. The van der Waals surface area contributed by atoms with Crippen LogP contribution in [0.1, 0.15) is 15.9 Å². The number of amides is 1. The number of hydrogen-bond acceptors (Lipinski definition) is 4. The summed E-state index contributed by atoms with van der Waals surface area (Å²) in [6.45, 7) is 0. The first kappa shape index (κ1) is 22.2. The van der Waals surface area contributed by atoms with Crippen molar-refractivity contribution in [2.45, 2.75) is 0 Å². The Balaban J connectivity index is 1.29. The lowest BCUT2D eigenvalue weighted by atomic mass is 9.93. The number of aromatic nitrogens is 1. The van der Waals surface area contributed by atoms with Gasteiger partial charge in [0.15, 0.2) is 0 Å². The Bertz CT molecular complexity index is 1930. The SMILES string of the molecule is O=C1Nc2c(ccc3ccccc23)C(=O)C1=CC=CC=Cc1c(O)c2ccc3ccccc3c2[nH]c1=O. The van der Waals surface area contributed by atoms with Crippen molar-refractivity contribution in [3.8, 4) is 5.75 Å². The minimum absolute atomic E-state index is 0.0192. The monoisotopic (exact) mass is 484 g/mol. The van der Waals surface area contributed by atoms with Gasteiger partial charge < -0.3 is 15.4 Å². The van der Waals surface area contributed by atoms with Gasteiger partial charge >= 0.3 is 0 Å². The molecule has 1 aliphatic heterocycles. The summed E-state index contributed by atoms with van der Waals surface area (Å²) in [6, 6.07) is 22.4. The summed E-state index contributed by atoms with van der Waals surface area (Å²) >= 11 is 0. The molecule has 0 saturated carbocycles. The van der Waals surface area contributed by atoms with Crippen LogP contribution < -0.4 is 10.9 Å². The molecule has 1 amide bonds. The molecule has 6 heteroatoms. The fourth-order valence-electron chi connectivity index (χ4n) is 4.74. The number of allylic oxidation sites excluding steroid dienone is 4. The second-order valence-electron chi connectivity index (χ2n) is 8.74. The maximum Gasteiger partial charge on any atom is 0.259 e. The highest BCUT2D eigenvalue weighted by molar-refractivity contribution is 6.36. The van der Waals surface area contributed by atoms with Crippen LogP contribution >= 0.6 is 0 Å². The van der Waals surface area contributed by atoms with Crippen molar-refractivity contribution in [2.24, 2.45) is 0 Å². The van der Waals surface area contributed by atoms with Crippen molar-refractivity contribution in [3.63, 3.8) is 0 Å². The first-order valence-corrected chi connectivity index (χ1v) is 11.7. The molecule has 0 aliphatic carbocycles. The molecule has 6 rings (SSSR count). The minimum Gasteiger partial charge on any atom is -0.506 e. The largest absolute Gasteiger partial charge is 0.506 e. The van der Waals surface area contributed by atoms with Crippen LogP contribution in [0.15, 0.2) is 107 Å². The van der Waals surface area contributed by atoms with Crippen LogP contribution in [0.4, 0.5) is 5.69 Å². The Hall–Kier alpha value is -5.23. The molecule has 5 aromatic rings. The molecule has 4 aromatic carbocycles. The van der Waals surface area contributed by atoms with Gasteiger partial charge in [-0.25, -0.2) is 0 Å². The number of aromatic hydroxyl groups is 1. The molecular formula is C31H20N2O4. The van der Waals surface area contributed by atoms with Gasteiger partial charge in [-0.3, -0.25) is 14.4 Å². The number of fused-ring (bicyclic) bond motifs is 6. The molecule has 2 heterocycles. The van der Waals surface area contributed by atoms with E-state index in [1.807, 2.05) is 60.7 Å². The zero-order valence-corrected chi connectivity index (χ0v) is 19.5. The number of H-pyrrole nitrogens is 1. The number of Topliss-reactive ketones (excluding diaryl/α,β-unsaturated/α-hetero) is 1. The van der Waals surface area contributed by atoms with E-state index in [1.54, 1.807) is 30.4 Å². The van der Waals surface area contributed by atoms with Gasteiger partial charge in [-0.2, -0.15) is 0 Å². The number of carbonyl (C=O) groups excluding carboxylic acids is 2. The molecule has 0 atom stereocenters. The smallest absolute Gasteiger partial charge is 0.259 e. The molecule has 0 saturated heterocycles. The standard InChI is InChI=1S/C31H20N2O4/c34-28-22-16-14-18-8-4-6-10-20(18)26(22)32-30(36)24(28)12-2-1-3-13-25-29(35)23-17-15-19-9-5-7-11-21(19)27(23)33-31(25)37/h1-17H,(H,32,36)(H2,33,35,37). The number of rotatable bonds is 3. The van der Waals surface area contributed by atoms with Crippen molar-refractivity contribution >= 4 is 55.9 Å². The highest BCUT2D eigenvalue weighted by Gasteiger charge is 2.29. The summed E-state index contributed by atoms with van der Waals surface area (Å²) in [5.41, 5.74) is 1.25. The Labute approximate surface area is 210 Å². The number of nitrogens with one attached hydrogen (secondary N) is 2. The Kier molecular flexibility index (Phi) is 5.27. The van der Waals surface area contributed by atoms with E-state index in [0.29, 0.717) is 22.2 Å². The van der Waals surface area contributed by atoms with Crippen molar-refractivity contribution < 1.29 is 14.7 Å². The highest BCUT2D eigenvalue weighted by Crippen LogP contribution is 2.33. The number of aromatic amines is 1. The maximum atomic E-state index is 13.0. The Morgan fingerprint density at radius 1 is 0.703 bits per heavy atom. The van der Waals surface area contributed by atoms with Gasteiger partial charge in [-0.05, 0) is 35.1 Å². The molecule has 0 spiro atoms. The molecule has 1 aromatic heterocycles. The minimum atomic E-state index is -0.474. The second-order valence-corrected chi connectivity index (χ2v) is 8.74.